The Balaban J connectivity index is 1.73. The van der Waals surface area contributed by atoms with Gasteiger partial charge in [-0.05, 0) is 69.9 Å². The van der Waals surface area contributed by atoms with Gasteiger partial charge in [0.2, 0.25) is 0 Å². The molecule has 36 heavy (non-hydrogen) atoms. The number of rotatable bonds is 6. The molecule has 0 atom stereocenters. The second kappa shape index (κ2) is 9.70. The summed E-state index contributed by atoms with van der Waals surface area (Å²) in [6.45, 7) is 5.41. The smallest absolute Gasteiger partial charge is 0.412 e. The number of aromatic nitrogens is 1. The zero-order chi connectivity index (χ0) is 26.1. The van der Waals surface area contributed by atoms with Gasteiger partial charge in [-0.2, -0.15) is 5.26 Å². The maximum absolute atomic E-state index is 12.1. The number of ether oxygens (including phenoxy) is 2. The lowest BCUT2D eigenvalue weighted by Crippen LogP contribution is -2.27. The Morgan fingerprint density at radius 2 is 1.86 bits per heavy atom. The predicted molar refractivity (Wildman–Crippen MR) is 139 cm³/mol. The molecule has 1 N–H and O–H groups in total. The van der Waals surface area contributed by atoms with Crippen molar-refractivity contribution in [3.8, 4) is 23.1 Å². The molecular weight excluding hydrogens is 478 g/mol. The third-order valence-electron chi connectivity index (χ3n) is 5.84. The van der Waals surface area contributed by atoms with E-state index in [-0.39, 0.29) is 6.04 Å². The molecule has 1 heterocycles. The van der Waals surface area contributed by atoms with E-state index in [0.29, 0.717) is 17.0 Å². The monoisotopic (exact) mass is 507 g/mol. The second-order valence-corrected chi connectivity index (χ2v) is 11.8. The molecule has 0 radical (unpaired) electrons. The molecule has 4 rings (SSSR count). The minimum absolute atomic E-state index is 0.242. The normalized spacial score (nSPS) is 14.4. The zero-order valence-electron chi connectivity index (χ0n) is 20.7. The summed E-state index contributed by atoms with van der Waals surface area (Å²) >= 11 is 0. The molecule has 0 unspecified atom stereocenters. The van der Waals surface area contributed by atoms with Gasteiger partial charge < -0.3 is 14.0 Å². The van der Waals surface area contributed by atoms with Crippen molar-refractivity contribution >= 4 is 32.5 Å². The molecule has 0 saturated heterocycles. The van der Waals surface area contributed by atoms with E-state index in [1.54, 1.807) is 39.0 Å². The SMILES string of the molecule is CC(C)(C)OC(=O)Nc1ccc(-c2c(C#N)c3ccc(OC=CS(C)(=O)=O)cc3n2C2CCC2)cc1. The average Bonchev–Trinajstić information content (AvgIpc) is 3.04. The molecular formula is C27H29N3O5S. The highest BCUT2D eigenvalue weighted by Gasteiger charge is 2.28. The highest BCUT2D eigenvalue weighted by atomic mass is 32.2. The number of nitriles is 1. The summed E-state index contributed by atoms with van der Waals surface area (Å²) < 4.78 is 35.8. The molecule has 3 aromatic rings. The van der Waals surface area contributed by atoms with Crippen LogP contribution in [0.5, 0.6) is 5.75 Å². The maximum atomic E-state index is 12.1. The molecule has 188 valence electrons. The quantitative estimate of drug-likeness (QED) is 0.401. The van der Waals surface area contributed by atoms with Crippen molar-refractivity contribution in [1.82, 2.24) is 4.57 Å². The van der Waals surface area contributed by atoms with Crippen molar-refractivity contribution < 1.29 is 22.7 Å². The number of anilines is 1. The third-order valence-corrected chi connectivity index (χ3v) is 6.44. The number of carbonyl (C=O) groups is 1. The van der Waals surface area contributed by atoms with E-state index < -0.39 is 21.5 Å². The van der Waals surface area contributed by atoms with Crippen LogP contribution >= 0.6 is 0 Å². The molecule has 9 heteroatoms. The van der Waals surface area contributed by atoms with E-state index in [0.717, 1.165) is 59.3 Å². The van der Waals surface area contributed by atoms with E-state index in [4.69, 9.17) is 9.47 Å². The fourth-order valence-electron chi connectivity index (χ4n) is 4.12. The molecule has 2 aromatic carbocycles. The lowest BCUT2D eigenvalue weighted by molar-refractivity contribution is 0.0636. The van der Waals surface area contributed by atoms with Gasteiger partial charge in [0.1, 0.15) is 23.7 Å². The Morgan fingerprint density at radius 1 is 1.17 bits per heavy atom. The topological polar surface area (TPSA) is 110 Å². The fraction of sp³-hybridized carbons (Fsp3) is 0.333. The first-order valence-corrected chi connectivity index (χ1v) is 13.6. The zero-order valence-corrected chi connectivity index (χ0v) is 21.6. The number of amides is 1. The largest absolute Gasteiger partial charge is 0.464 e. The lowest BCUT2D eigenvalue weighted by Gasteiger charge is -2.30. The molecule has 1 aliphatic carbocycles. The van der Waals surface area contributed by atoms with E-state index in [9.17, 15) is 18.5 Å². The van der Waals surface area contributed by atoms with Gasteiger partial charge in [0, 0.05) is 29.4 Å². The summed E-state index contributed by atoms with van der Waals surface area (Å²) in [5.41, 5.74) is 3.06. The first-order chi connectivity index (χ1) is 16.9. The molecule has 8 nitrogen and oxygen atoms in total. The summed E-state index contributed by atoms with van der Waals surface area (Å²) in [6.07, 6.45) is 4.82. The van der Waals surface area contributed by atoms with Crippen LogP contribution < -0.4 is 10.1 Å². The summed E-state index contributed by atoms with van der Waals surface area (Å²) in [7, 11) is -3.30. The van der Waals surface area contributed by atoms with E-state index in [1.807, 2.05) is 24.3 Å². The molecule has 1 amide bonds. The van der Waals surface area contributed by atoms with Gasteiger partial charge in [-0.3, -0.25) is 5.32 Å². The van der Waals surface area contributed by atoms with Crippen LogP contribution in [-0.4, -0.2) is 30.9 Å². The van der Waals surface area contributed by atoms with Crippen molar-refractivity contribution in [1.29, 1.82) is 5.26 Å². The number of fused-ring (bicyclic) bond motifs is 1. The van der Waals surface area contributed by atoms with Crippen LogP contribution in [0, 0.1) is 11.3 Å². The number of hydrogen-bond acceptors (Lipinski definition) is 6. The minimum Gasteiger partial charge on any atom is -0.464 e. The molecule has 1 aromatic heterocycles. The van der Waals surface area contributed by atoms with Gasteiger partial charge in [-0.25, -0.2) is 13.2 Å². The first kappa shape index (κ1) is 25.3. The summed E-state index contributed by atoms with van der Waals surface area (Å²) in [5.74, 6) is 0.480. The van der Waals surface area contributed by atoms with Crippen LogP contribution in [0.15, 0.2) is 54.1 Å². The van der Waals surface area contributed by atoms with Gasteiger partial charge >= 0.3 is 6.09 Å². The minimum atomic E-state index is -3.30. The predicted octanol–water partition coefficient (Wildman–Crippen LogP) is 6.15. The van der Waals surface area contributed by atoms with Crippen molar-refractivity contribution in [3.63, 3.8) is 0 Å². The van der Waals surface area contributed by atoms with Gasteiger partial charge in [0.25, 0.3) is 0 Å². The Morgan fingerprint density at radius 3 is 2.42 bits per heavy atom. The maximum Gasteiger partial charge on any atom is 0.412 e. The number of nitrogens with one attached hydrogen (secondary N) is 1. The Labute approximate surface area is 211 Å². The van der Waals surface area contributed by atoms with Gasteiger partial charge in [-0.15, -0.1) is 0 Å². The number of sulfone groups is 1. The van der Waals surface area contributed by atoms with E-state index in [1.165, 1.54) is 0 Å². The average molecular weight is 508 g/mol. The highest BCUT2D eigenvalue weighted by molar-refractivity contribution is 7.93. The molecule has 1 aliphatic rings. The Bertz CT molecular complexity index is 1470. The summed E-state index contributed by atoms with van der Waals surface area (Å²) in [5, 5.41) is 14.6. The van der Waals surface area contributed by atoms with Crippen LogP contribution in [0.2, 0.25) is 0 Å². The van der Waals surface area contributed by atoms with Gasteiger partial charge in [0.05, 0.1) is 22.2 Å². The molecule has 0 spiro atoms. The van der Waals surface area contributed by atoms with Crippen LogP contribution in [-0.2, 0) is 14.6 Å². The number of nitrogens with zero attached hydrogens (tertiary/aromatic N) is 2. The van der Waals surface area contributed by atoms with E-state index >= 15 is 0 Å². The standard InChI is InChI=1S/C27H29N3O5S/c1-27(2,3)35-26(31)29-19-10-8-18(9-11-19)25-23(17-28)22-13-12-21(34-14-15-36(4,32)33)16-24(22)30(25)20-6-5-7-20/h8-16,20H,5-7H2,1-4H3,(H,29,31). The summed E-state index contributed by atoms with van der Waals surface area (Å²) in [4.78, 5) is 12.1. The Kier molecular flexibility index (Phi) is 6.83. The highest BCUT2D eigenvalue weighted by Crippen LogP contribution is 2.43. The molecule has 0 aliphatic heterocycles. The van der Waals surface area contributed by atoms with Crippen molar-refractivity contribution in [2.75, 3.05) is 11.6 Å². The molecule has 1 saturated carbocycles. The number of hydrogen-bond donors (Lipinski definition) is 1. The van der Waals surface area contributed by atoms with Gasteiger partial charge in [0.15, 0.2) is 9.84 Å². The van der Waals surface area contributed by atoms with Crippen LogP contribution in [0.1, 0.15) is 51.6 Å². The van der Waals surface area contributed by atoms with Crippen LogP contribution in [0.3, 0.4) is 0 Å². The Hall–Kier alpha value is -3.77. The number of carbonyl (C=O) groups excluding carboxylic acids is 1. The molecule has 0 bridgehead atoms. The van der Waals surface area contributed by atoms with E-state index in [2.05, 4.69) is 16.0 Å². The van der Waals surface area contributed by atoms with Crippen LogP contribution in [0.25, 0.3) is 22.2 Å². The van der Waals surface area contributed by atoms with Crippen molar-refractivity contribution in [2.45, 2.75) is 51.7 Å². The lowest BCUT2D eigenvalue weighted by atomic mass is 9.92. The summed E-state index contributed by atoms with van der Waals surface area (Å²) in [6, 6.07) is 15.3. The first-order valence-electron chi connectivity index (χ1n) is 11.7. The molecule has 1 fully saturated rings. The number of benzene rings is 2. The van der Waals surface area contributed by atoms with Crippen molar-refractivity contribution in [3.05, 3.63) is 59.7 Å². The van der Waals surface area contributed by atoms with Crippen molar-refractivity contribution in [2.24, 2.45) is 0 Å². The van der Waals surface area contributed by atoms with Gasteiger partial charge in [-0.1, -0.05) is 12.1 Å². The van der Waals surface area contributed by atoms with Crippen LogP contribution in [0.4, 0.5) is 10.5 Å². The fourth-order valence-corrected chi connectivity index (χ4v) is 4.38. The second-order valence-electron chi connectivity index (χ2n) is 9.89. The third kappa shape index (κ3) is 5.71.